The van der Waals surface area contributed by atoms with Crippen molar-refractivity contribution in [3.63, 3.8) is 0 Å². The number of nitrogens with zero attached hydrogens (tertiary/aromatic N) is 2. The molecule has 10 nitrogen and oxygen atoms in total. The van der Waals surface area contributed by atoms with Gasteiger partial charge in [0.25, 0.3) is 6.47 Å². The first-order valence-corrected chi connectivity index (χ1v) is 6.56. The molecule has 0 saturated heterocycles. The number of nitrogens with two attached hydrogens (primary N) is 2. The number of hydrogen-bond acceptors (Lipinski definition) is 8. The lowest BCUT2D eigenvalue weighted by Gasteiger charge is -2.14. The number of amidine groups is 2. The number of carbonyl (C=O) groups is 3. The molecule has 1 aromatic rings. The van der Waals surface area contributed by atoms with Crippen LogP contribution >= 0.6 is 0 Å². The molecule has 0 bridgehead atoms. The molecule has 4 N–H and O–H groups in total. The van der Waals surface area contributed by atoms with Gasteiger partial charge >= 0.3 is 11.9 Å². The van der Waals surface area contributed by atoms with Crippen LogP contribution in [0.4, 0.5) is 0 Å². The molecule has 1 unspecified atom stereocenters. The maximum absolute atomic E-state index is 10.7. The molecular weight excluding hydrogens is 320 g/mol. The molecule has 1 aromatic carbocycles. The predicted molar refractivity (Wildman–Crippen MR) is 82.2 cm³/mol. The molecule has 0 aromatic heterocycles. The van der Waals surface area contributed by atoms with E-state index in [4.69, 9.17) is 16.2 Å². The maximum atomic E-state index is 10.7. The fourth-order valence-electron chi connectivity index (χ4n) is 1.53. The molecule has 0 amide bonds. The predicted octanol–water partition coefficient (Wildman–Crippen LogP) is -0.0806. The van der Waals surface area contributed by atoms with E-state index < -0.39 is 18.0 Å². The van der Waals surface area contributed by atoms with E-state index in [2.05, 4.69) is 20.0 Å². The molecule has 0 aliphatic rings. The number of ether oxygens (including phenoxy) is 1. The zero-order valence-corrected chi connectivity index (χ0v) is 13.0. The molecule has 0 heterocycles. The Kier molecular flexibility index (Phi) is 6.89. The van der Waals surface area contributed by atoms with Gasteiger partial charge in [0, 0.05) is 25.0 Å². The molecule has 0 saturated carbocycles. The van der Waals surface area contributed by atoms with E-state index in [9.17, 15) is 14.4 Å². The minimum atomic E-state index is -1.05. The smallest absolute Gasteiger partial charge is 0.332 e. The highest BCUT2D eigenvalue weighted by molar-refractivity contribution is 5.97. The SMILES string of the molecule is CC(=O)ON=C(N)c1ccc(C(OC=O)C(N)=NOC(C)=O)cc1. The highest BCUT2D eigenvalue weighted by Crippen LogP contribution is 2.18. The van der Waals surface area contributed by atoms with Gasteiger partial charge in [0.05, 0.1) is 0 Å². The van der Waals surface area contributed by atoms with Crippen molar-refractivity contribution in [3.05, 3.63) is 35.4 Å². The van der Waals surface area contributed by atoms with Crippen molar-refractivity contribution in [1.82, 2.24) is 0 Å². The molecule has 0 fully saturated rings. The quantitative estimate of drug-likeness (QED) is 0.230. The summed E-state index contributed by atoms with van der Waals surface area (Å²) in [6.07, 6.45) is -1.05. The first-order valence-electron chi connectivity index (χ1n) is 6.56. The minimum absolute atomic E-state index is 0.0221. The second-order valence-corrected chi connectivity index (χ2v) is 4.39. The Labute approximate surface area is 137 Å². The van der Waals surface area contributed by atoms with Crippen molar-refractivity contribution >= 4 is 30.1 Å². The molecule has 0 spiro atoms. The molecule has 1 atom stereocenters. The number of oxime groups is 2. The Balaban J connectivity index is 2.99. The van der Waals surface area contributed by atoms with Crippen molar-refractivity contribution in [1.29, 1.82) is 0 Å². The molecule has 0 radical (unpaired) electrons. The van der Waals surface area contributed by atoms with Gasteiger partial charge in [-0.15, -0.1) is 0 Å². The first-order chi connectivity index (χ1) is 11.3. The van der Waals surface area contributed by atoms with Crippen LogP contribution in [0, 0.1) is 0 Å². The second kappa shape index (κ2) is 8.88. The van der Waals surface area contributed by atoms with E-state index >= 15 is 0 Å². The van der Waals surface area contributed by atoms with Gasteiger partial charge in [-0.3, -0.25) is 4.79 Å². The van der Waals surface area contributed by atoms with Gasteiger partial charge in [-0.2, -0.15) is 0 Å². The fourth-order valence-corrected chi connectivity index (χ4v) is 1.53. The highest BCUT2D eigenvalue weighted by Gasteiger charge is 2.18. The van der Waals surface area contributed by atoms with E-state index in [0.29, 0.717) is 11.1 Å². The average Bonchev–Trinajstić information content (AvgIpc) is 2.55. The summed E-state index contributed by atoms with van der Waals surface area (Å²) < 4.78 is 4.84. The molecule has 1 rings (SSSR count). The van der Waals surface area contributed by atoms with Gasteiger partial charge in [-0.1, -0.05) is 34.6 Å². The Morgan fingerprint density at radius 3 is 2.08 bits per heavy atom. The number of benzene rings is 1. The van der Waals surface area contributed by atoms with Gasteiger partial charge < -0.3 is 25.9 Å². The van der Waals surface area contributed by atoms with Crippen LogP contribution in [0.3, 0.4) is 0 Å². The third-order valence-corrected chi connectivity index (χ3v) is 2.52. The van der Waals surface area contributed by atoms with Crippen molar-refractivity contribution in [2.75, 3.05) is 0 Å². The van der Waals surface area contributed by atoms with Crippen LogP contribution in [0.2, 0.25) is 0 Å². The molecule has 0 aliphatic heterocycles. The normalized spacial score (nSPS) is 12.9. The van der Waals surface area contributed by atoms with E-state index in [1.165, 1.54) is 31.2 Å². The zero-order valence-electron chi connectivity index (χ0n) is 13.0. The number of rotatable bonds is 7. The third kappa shape index (κ3) is 5.75. The monoisotopic (exact) mass is 336 g/mol. The molecule has 0 aliphatic carbocycles. The summed E-state index contributed by atoms with van der Waals surface area (Å²) in [6.45, 7) is 2.52. The lowest BCUT2D eigenvalue weighted by Crippen LogP contribution is -2.25. The van der Waals surface area contributed by atoms with Crippen molar-refractivity contribution in [3.8, 4) is 0 Å². The molecule has 10 heteroatoms. The second-order valence-electron chi connectivity index (χ2n) is 4.39. The van der Waals surface area contributed by atoms with E-state index in [1.807, 2.05) is 0 Å². The van der Waals surface area contributed by atoms with Gasteiger partial charge in [-0.05, 0) is 0 Å². The average molecular weight is 336 g/mol. The highest BCUT2D eigenvalue weighted by atomic mass is 16.7. The fraction of sp³-hybridized carbons (Fsp3) is 0.214. The summed E-state index contributed by atoms with van der Waals surface area (Å²) in [4.78, 5) is 40.9. The summed E-state index contributed by atoms with van der Waals surface area (Å²) in [5.74, 6) is -1.53. The first kappa shape index (κ1) is 18.6. The van der Waals surface area contributed by atoms with Gasteiger partial charge in [0.2, 0.25) is 0 Å². The van der Waals surface area contributed by atoms with E-state index in [-0.39, 0.29) is 18.1 Å². The van der Waals surface area contributed by atoms with Crippen molar-refractivity contribution in [2.24, 2.45) is 21.8 Å². The van der Waals surface area contributed by atoms with Crippen LogP contribution in [0.1, 0.15) is 31.1 Å². The summed E-state index contributed by atoms with van der Waals surface area (Å²) in [7, 11) is 0. The van der Waals surface area contributed by atoms with Crippen LogP contribution in [-0.4, -0.2) is 30.1 Å². The Morgan fingerprint density at radius 1 is 1.04 bits per heavy atom. The van der Waals surface area contributed by atoms with Gasteiger partial charge in [0.15, 0.2) is 17.8 Å². The van der Waals surface area contributed by atoms with Crippen LogP contribution in [0.15, 0.2) is 34.6 Å². The molecule has 128 valence electrons. The van der Waals surface area contributed by atoms with Gasteiger partial charge in [0.1, 0.15) is 0 Å². The summed E-state index contributed by atoms with van der Waals surface area (Å²) in [6, 6.07) is 6.15. The lowest BCUT2D eigenvalue weighted by atomic mass is 10.1. The van der Waals surface area contributed by atoms with Crippen LogP contribution in [0.5, 0.6) is 0 Å². The molecule has 24 heavy (non-hydrogen) atoms. The number of carbonyl (C=O) groups excluding carboxylic acids is 3. The minimum Gasteiger partial charge on any atom is -0.451 e. The Morgan fingerprint density at radius 2 is 1.58 bits per heavy atom. The van der Waals surface area contributed by atoms with Crippen LogP contribution in [0.25, 0.3) is 0 Å². The van der Waals surface area contributed by atoms with Crippen LogP contribution < -0.4 is 11.5 Å². The summed E-state index contributed by atoms with van der Waals surface area (Å²) >= 11 is 0. The van der Waals surface area contributed by atoms with Gasteiger partial charge in [-0.25, -0.2) is 9.59 Å². The van der Waals surface area contributed by atoms with E-state index in [0.717, 1.165) is 6.92 Å². The maximum Gasteiger partial charge on any atom is 0.332 e. The Hall–Kier alpha value is -3.43. The van der Waals surface area contributed by atoms with Crippen molar-refractivity contribution in [2.45, 2.75) is 20.0 Å². The summed E-state index contributed by atoms with van der Waals surface area (Å²) in [5.41, 5.74) is 12.2. The molecular formula is C14H16N4O6. The number of hydrogen-bond donors (Lipinski definition) is 2. The largest absolute Gasteiger partial charge is 0.451 e. The topological polar surface area (TPSA) is 156 Å². The van der Waals surface area contributed by atoms with Crippen LogP contribution in [-0.2, 0) is 28.8 Å². The lowest BCUT2D eigenvalue weighted by molar-refractivity contribution is -0.142. The van der Waals surface area contributed by atoms with E-state index in [1.54, 1.807) is 0 Å². The zero-order chi connectivity index (χ0) is 18.1. The standard InChI is InChI=1S/C14H16N4O6/c1-8(20)23-17-13(15)11-5-3-10(4-6-11)12(22-7-19)14(16)18-24-9(2)21/h3-7,12H,1-2H3,(H2,15,17)(H2,16,18). The Bertz CT molecular complexity index is 668. The summed E-state index contributed by atoms with van der Waals surface area (Å²) in [5, 5.41) is 6.82. The van der Waals surface area contributed by atoms with Crippen molar-refractivity contribution < 1.29 is 28.8 Å². The third-order valence-electron chi connectivity index (χ3n) is 2.52.